The highest BCUT2D eigenvalue weighted by Gasteiger charge is 2.14. The van der Waals surface area contributed by atoms with E-state index in [1.54, 1.807) is 26.1 Å². The molecule has 0 aromatic heterocycles. The fourth-order valence-corrected chi connectivity index (χ4v) is 1.17. The zero-order valence-electron chi connectivity index (χ0n) is 8.11. The first-order chi connectivity index (χ1) is 6.56. The lowest BCUT2D eigenvalue weighted by atomic mass is 10.0. The number of anilines is 1. The fourth-order valence-electron chi connectivity index (χ4n) is 1.17. The van der Waals surface area contributed by atoms with Gasteiger partial charge < -0.3 is 15.5 Å². The molecule has 4 nitrogen and oxygen atoms in total. The van der Waals surface area contributed by atoms with E-state index in [9.17, 15) is 9.90 Å². The molecule has 0 aliphatic heterocycles. The van der Waals surface area contributed by atoms with Crippen LogP contribution >= 0.6 is 0 Å². The summed E-state index contributed by atoms with van der Waals surface area (Å²) in [5.74, 6) is -1.32. The predicted molar refractivity (Wildman–Crippen MR) is 53.7 cm³/mol. The number of nitrogens with one attached hydrogen (secondary N) is 1. The van der Waals surface area contributed by atoms with Crippen molar-refractivity contribution in [3.8, 4) is 5.75 Å². The summed E-state index contributed by atoms with van der Waals surface area (Å²) in [4.78, 5) is 10.7. The van der Waals surface area contributed by atoms with E-state index in [1.165, 1.54) is 6.07 Å². The number of benzene rings is 1. The van der Waals surface area contributed by atoms with Gasteiger partial charge in [-0.15, -0.1) is 0 Å². The quantitative estimate of drug-likeness (QED) is 0.641. The molecular weight excluding hydrogens is 182 g/mol. The van der Waals surface area contributed by atoms with Crippen molar-refractivity contribution in [1.82, 2.24) is 0 Å². The number of aromatic hydroxyl groups is 1. The first kappa shape index (κ1) is 10.4. The van der Waals surface area contributed by atoms with Gasteiger partial charge in [-0.2, -0.15) is 0 Å². The number of aliphatic carboxylic acids is 1. The molecule has 4 heteroatoms. The molecule has 0 radical (unpaired) electrons. The van der Waals surface area contributed by atoms with Crippen LogP contribution in [0.1, 0.15) is 18.4 Å². The van der Waals surface area contributed by atoms with Crippen molar-refractivity contribution in [3.63, 3.8) is 0 Å². The second kappa shape index (κ2) is 4.00. The van der Waals surface area contributed by atoms with Gasteiger partial charge in [-0.3, -0.25) is 4.79 Å². The Morgan fingerprint density at radius 3 is 2.64 bits per heavy atom. The van der Waals surface area contributed by atoms with Crippen LogP contribution in [0.15, 0.2) is 18.2 Å². The summed E-state index contributed by atoms with van der Waals surface area (Å²) >= 11 is 0. The third kappa shape index (κ3) is 1.96. The molecule has 3 N–H and O–H groups in total. The van der Waals surface area contributed by atoms with Gasteiger partial charge >= 0.3 is 5.97 Å². The Labute approximate surface area is 82.2 Å². The van der Waals surface area contributed by atoms with Crippen molar-refractivity contribution >= 4 is 11.7 Å². The van der Waals surface area contributed by atoms with Crippen LogP contribution in [0.4, 0.5) is 5.69 Å². The van der Waals surface area contributed by atoms with Gasteiger partial charge in [0.2, 0.25) is 0 Å². The van der Waals surface area contributed by atoms with Gasteiger partial charge in [-0.1, -0.05) is 6.07 Å². The lowest BCUT2D eigenvalue weighted by Crippen LogP contribution is -2.07. The molecule has 1 rings (SSSR count). The number of phenolic OH excluding ortho intramolecular Hbond substituents is 1. The van der Waals surface area contributed by atoms with Gasteiger partial charge in [0.05, 0.1) is 11.6 Å². The van der Waals surface area contributed by atoms with Gasteiger partial charge in [0.25, 0.3) is 0 Å². The highest BCUT2D eigenvalue weighted by molar-refractivity contribution is 5.76. The summed E-state index contributed by atoms with van der Waals surface area (Å²) in [6, 6.07) is 4.73. The Balaban J connectivity index is 3.06. The van der Waals surface area contributed by atoms with Gasteiger partial charge in [0, 0.05) is 7.05 Å². The summed E-state index contributed by atoms with van der Waals surface area (Å²) in [5, 5.41) is 20.9. The molecule has 0 saturated heterocycles. The van der Waals surface area contributed by atoms with E-state index >= 15 is 0 Å². The van der Waals surface area contributed by atoms with Crippen LogP contribution in [0.3, 0.4) is 0 Å². The average Bonchev–Trinajstić information content (AvgIpc) is 2.17. The van der Waals surface area contributed by atoms with Crippen LogP contribution in [0.5, 0.6) is 5.75 Å². The maximum Gasteiger partial charge on any atom is 0.310 e. The lowest BCUT2D eigenvalue weighted by Gasteiger charge is -2.10. The molecule has 0 fully saturated rings. The highest BCUT2D eigenvalue weighted by Crippen LogP contribution is 2.27. The normalized spacial score (nSPS) is 12.1. The van der Waals surface area contributed by atoms with Crippen LogP contribution in [0.2, 0.25) is 0 Å². The predicted octanol–water partition coefficient (Wildman–Crippen LogP) is 1.62. The summed E-state index contributed by atoms with van der Waals surface area (Å²) in [5.41, 5.74) is 1.20. The van der Waals surface area contributed by atoms with Crippen LogP contribution in [-0.4, -0.2) is 23.2 Å². The minimum absolute atomic E-state index is 0.119. The number of rotatable bonds is 3. The molecule has 0 aliphatic rings. The fraction of sp³-hybridized carbons (Fsp3) is 0.300. The number of carbonyl (C=O) groups is 1. The van der Waals surface area contributed by atoms with E-state index in [-0.39, 0.29) is 5.75 Å². The lowest BCUT2D eigenvalue weighted by molar-refractivity contribution is -0.138. The number of carboxylic acids is 1. The topological polar surface area (TPSA) is 69.6 Å². The first-order valence-corrected chi connectivity index (χ1v) is 4.29. The van der Waals surface area contributed by atoms with E-state index in [4.69, 9.17) is 5.11 Å². The molecule has 1 unspecified atom stereocenters. The van der Waals surface area contributed by atoms with Crippen LogP contribution < -0.4 is 5.32 Å². The minimum atomic E-state index is -0.877. The molecule has 1 aromatic carbocycles. The molecule has 1 atom stereocenters. The summed E-state index contributed by atoms with van der Waals surface area (Å²) in [6.07, 6.45) is 0. The third-order valence-electron chi connectivity index (χ3n) is 2.16. The zero-order chi connectivity index (χ0) is 10.7. The van der Waals surface area contributed by atoms with Crippen molar-refractivity contribution < 1.29 is 15.0 Å². The second-order valence-corrected chi connectivity index (χ2v) is 3.09. The van der Waals surface area contributed by atoms with Gasteiger partial charge in [0.15, 0.2) is 0 Å². The highest BCUT2D eigenvalue weighted by atomic mass is 16.4. The van der Waals surface area contributed by atoms with Crippen LogP contribution in [0.25, 0.3) is 0 Å². The molecule has 0 spiro atoms. The van der Waals surface area contributed by atoms with Crippen molar-refractivity contribution in [2.45, 2.75) is 12.8 Å². The second-order valence-electron chi connectivity index (χ2n) is 3.09. The van der Waals surface area contributed by atoms with E-state index in [2.05, 4.69) is 5.32 Å². The van der Waals surface area contributed by atoms with E-state index < -0.39 is 11.9 Å². The molecule has 0 saturated carbocycles. The van der Waals surface area contributed by atoms with E-state index in [1.807, 2.05) is 0 Å². The van der Waals surface area contributed by atoms with E-state index in [0.717, 1.165) is 0 Å². The SMILES string of the molecule is CNc1cc(C(C)C(=O)O)ccc1O. The van der Waals surface area contributed by atoms with Crippen molar-refractivity contribution in [1.29, 1.82) is 0 Å². The number of hydrogen-bond donors (Lipinski definition) is 3. The van der Waals surface area contributed by atoms with Gasteiger partial charge in [0.1, 0.15) is 5.75 Å². The van der Waals surface area contributed by atoms with E-state index in [0.29, 0.717) is 11.3 Å². The Hall–Kier alpha value is -1.71. The largest absolute Gasteiger partial charge is 0.506 e. The average molecular weight is 195 g/mol. The Morgan fingerprint density at radius 2 is 2.14 bits per heavy atom. The molecule has 1 aromatic rings. The Morgan fingerprint density at radius 1 is 1.50 bits per heavy atom. The molecule has 76 valence electrons. The van der Waals surface area contributed by atoms with Gasteiger partial charge in [-0.25, -0.2) is 0 Å². The first-order valence-electron chi connectivity index (χ1n) is 4.29. The van der Waals surface area contributed by atoms with Gasteiger partial charge in [-0.05, 0) is 24.6 Å². The Bertz CT molecular complexity index is 349. The summed E-state index contributed by atoms with van der Waals surface area (Å²) < 4.78 is 0. The third-order valence-corrected chi connectivity index (χ3v) is 2.16. The molecule has 0 amide bonds. The summed E-state index contributed by atoms with van der Waals surface area (Å²) in [6.45, 7) is 1.61. The summed E-state index contributed by atoms with van der Waals surface area (Å²) in [7, 11) is 1.67. The molecule has 0 aliphatic carbocycles. The van der Waals surface area contributed by atoms with Crippen LogP contribution in [-0.2, 0) is 4.79 Å². The molecule has 0 bridgehead atoms. The van der Waals surface area contributed by atoms with Crippen LogP contribution in [0, 0.1) is 0 Å². The number of hydrogen-bond acceptors (Lipinski definition) is 3. The number of carboxylic acid groups (broad SMARTS) is 1. The number of phenols is 1. The molecule has 14 heavy (non-hydrogen) atoms. The van der Waals surface area contributed by atoms with Crippen molar-refractivity contribution in [2.24, 2.45) is 0 Å². The minimum Gasteiger partial charge on any atom is -0.506 e. The van der Waals surface area contributed by atoms with Crippen molar-refractivity contribution in [3.05, 3.63) is 23.8 Å². The zero-order valence-corrected chi connectivity index (χ0v) is 8.11. The Kier molecular flexibility index (Phi) is 2.96. The standard InChI is InChI=1S/C10H13NO3/c1-6(10(13)14)7-3-4-9(12)8(5-7)11-2/h3-6,11-12H,1-2H3,(H,13,14). The van der Waals surface area contributed by atoms with Crippen molar-refractivity contribution in [2.75, 3.05) is 12.4 Å². The molecular formula is C10H13NO3. The monoisotopic (exact) mass is 195 g/mol. The maximum atomic E-state index is 10.7. The smallest absolute Gasteiger partial charge is 0.310 e. The maximum absolute atomic E-state index is 10.7. The molecule has 0 heterocycles.